The molecule has 37 heavy (non-hydrogen) atoms. The van der Waals surface area contributed by atoms with E-state index in [-0.39, 0.29) is 47.4 Å². The first kappa shape index (κ1) is 24.7. The number of hydrogen-bond acceptors (Lipinski definition) is 6. The quantitative estimate of drug-likeness (QED) is 0.492. The number of benzene rings is 1. The van der Waals surface area contributed by atoms with Crippen LogP contribution in [0.1, 0.15) is 36.9 Å². The van der Waals surface area contributed by atoms with Gasteiger partial charge in [0.05, 0.1) is 29.9 Å². The van der Waals surface area contributed by atoms with Gasteiger partial charge in [-0.25, -0.2) is 14.4 Å². The van der Waals surface area contributed by atoms with Crippen molar-refractivity contribution in [1.82, 2.24) is 24.4 Å². The van der Waals surface area contributed by atoms with Gasteiger partial charge in [0, 0.05) is 36.8 Å². The maximum atomic E-state index is 13.9. The maximum Gasteiger partial charge on any atom is 0.419 e. The minimum absolute atomic E-state index is 0.0209. The Kier molecular flexibility index (Phi) is 6.54. The van der Waals surface area contributed by atoms with Gasteiger partial charge in [-0.05, 0) is 49.9 Å². The molecule has 1 aliphatic heterocycles. The third kappa shape index (κ3) is 5.26. The molecule has 8 nitrogen and oxygen atoms in total. The van der Waals surface area contributed by atoms with E-state index < -0.39 is 17.6 Å². The highest BCUT2D eigenvalue weighted by atomic mass is 19.4. The minimum atomic E-state index is -4.88. The number of halogens is 4. The number of likely N-dealkylation sites (tertiary alicyclic amines) is 1. The average Bonchev–Trinajstić information content (AvgIpc) is 3.64. The van der Waals surface area contributed by atoms with E-state index in [0.717, 1.165) is 38.3 Å². The molecule has 3 aromatic rings. The second kappa shape index (κ2) is 9.80. The Morgan fingerprint density at radius 1 is 1.19 bits per heavy atom. The summed E-state index contributed by atoms with van der Waals surface area (Å²) in [5.74, 6) is -0.416. The van der Waals surface area contributed by atoms with Crippen molar-refractivity contribution in [2.45, 2.75) is 44.3 Å². The fraction of sp³-hybridized carbons (Fsp3) is 0.400. The molecule has 1 atom stereocenters. The van der Waals surface area contributed by atoms with Crippen LogP contribution in [0.25, 0.3) is 17.2 Å². The van der Waals surface area contributed by atoms with Gasteiger partial charge in [0.1, 0.15) is 17.5 Å². The van der Waals surface area contributed by atoms with Gasteiger partial charge in [0.2, 0.25) is 11.9 Å². The number of hydrogen-bond donors (Lipinski definition) is 1. The molecule has 1 aliphatic carbocycles. The predicted octanol–water partition coefficient (Wildman–Crippen LogP) is 4.37. The molecule has 2 aromatic heterocycles. The van der Waals surface area contributed by atoms with Crippen LogP contribution in [0.4, 0.5) is 23.5 Å². The maximum absolute atomic E-state index is 13.9. The molecule has 0 radical (unpaired) electrons. The first-order valence-corrected chi connectivity index (χ1v) is 11.9. The number of nitrogens with one attached hydrogen (secondary N) is 1. The fourth-order valence-electron chi connectivity index (χ4n) is 4.54. The third-order valence-corrected chi connectivity index (χ3v) is 6.49. The normalized spacial score (nSPS) is 17.9. The average molecular weight is 513 g/mol. The molecule has 12 heteroatoms. The van der Waals surface area contributed by atoms with Crippen molar-refractivity contribution < 1.29 is 22.4 Å². The van der Waals surface area contributed by atoms with Gasteiger partial charge >= 0.3 is 6.18 Å². The van der Waals surface area contributed by atoms with E-state index >= 15 is 0 Å². The van der Waals surface area contributed by atoms with Gasteiger partial charge in [-0.3, -0.25) is 9.36 Å². The number of nitrogens with zero attached hydrogens (tertiary/aromatic N) is 6. The molecule has 1 unspecified atom stereocenters. The second-order valence-electron chi connectivity index (χ2n) is 9.22. The van der Waals surface area contributed by atoms with Crippen molar-refractivity contribution >= 4 is 11.9 Å². The fourth-order valence-corrected chi connectivity index (χ4v) is 4.54. The lowest BCUT2D eigenvalue weighted by atomic mass is 10.1. The number of rotatable bonds is 6. The van der Waals surface area contributed by atoms with E-state index in [0.29, 0.717) is 18.3 Å². The summed E-state index contributed by atoms with van der Waals surface area (Å²) in [6.07, 6.45) is 1.47. The van der Waals surface area contributed by atoms with Crippen molar-refractivity contribution in [3.05, 3.63) is 53.7 Å². The van der Waals surface area contributed by atoms with Crippen molar-refractivity contribution in [3.63, 3.8) is 0 Å². The largest absolute Gasteiger partial charge is 0.419 e. The van der Waals surface area contributed by atoms with Crippen LogP contribution < -0.4 is 5.32 Å². The van der Waals surface area contributed by atoms with Crippen molar-refractivity contribution in [1.29, 1.82) is 5.26 Å². The van der Waals surface area contributed by atoms with Gasteiger partial charge in [0.15, 0.2) is 0 Å². The predicted molar refractivity (Wildman–Crippen MR) is 125 cm³/mol. The molecule has 2 aliphatic rings. The Balaban J connectivity index is 1.45. The lowest BCUT2D eigenvalue weighted by Gasteiger charge is -2.33. The highest BCUT2D eigenvalue weighted by Crippen LogP contribution is 2.35. The van der Waals surface area contributed by atoms with Gasteiger partial charge in [-0.15, -0.1) is 0 Å². The van der Waals surface area contributed by atoms with Gasteiger partial charge in [-0.2, -0.15) is 23.4 Å². The van der Waals surface area contributed by atoms with Crippen LogP contribution in [0.5, 0.6) is 0 Å². The summed E-state index contributed by atoms with van der Waals surface area (Å²) in [6.45, 7) is 1.26. The number of alkyl halides is 3. The molecule has 2 fully saturated rings. The van der Waals surface area contributed by atoms with E-state index in [1.54, 1.807) is 6.07 Å². The topological polar surface area (TPSA) is 99.7 Å². The Morgan fingerprint density at radius 2 is 2.00 bits per heavy atom. The van der Waals surface area contributed by atoms with Crippen LogP contribution in [0.3, 0.4) is 0 Å². The van der Waals surface area contributed by atoms with Crippen molar-refractivity contribution in [2.75, 3.05) is 18.4 Å². The standard InChI is InChI=1S/C25H23F4N7O/c26-20-6-5-16(12-19(20)25(27,28)29)22-32-13-18(7-9-30)36(22)21-8-10-31-24(34-21)33-17-2-1-11-35(14-17)23(37)15-3-4-15/h5-6,8,10,12-13,15,17H,1-4,7,11,14H2,(H,31,33,34). The van der Waals surface area contributed by atoms with Gasteiger partial charge in [-0.1, -0.05) is 0 Å². The van der Waals surface area contributed by atoms with Crippen molar-refractivity contribution in [3.8, 4) is 23.3 Å². The Labute approximate surface area is 210 Å². The Hall–Kier alpha value is -4.01. The summed E-state index contributed by atoms with van der Waals surface area (Å²) in [4.78, 5) is 27.4. The minimum Gasteiger partial charge on any atom is -0.350 e. The number of nitriles is 1. The molecule has 0 spiro atoms. The van der Waals surface area contributed by atoms with Crippen LogP contribution in [0.2, 0.25) is 0 Å². The molecule has 192 valence electrons. The molecule has 1 amide bonds. The molecule has 3 heterocycles. The highest BCUT2D eigenvalue weighted by Gasteiger charge is 2.36. The molecule has 0 bridgehead atoms. The summed E-state index contributed by atoms with van der Waals surface area (Å²) in [5, 5.41) is 12.5. The summed E-state index contributed by atoms with van der Waals surface area (Å²) < 4.78 is 55.3. The van der Waals surface area contributed by atoms with Crippen LogP contribution in [0.15, 0.2) is 36.7 Å². The number of anilines is 1. The van der Waals surface area contributed by atoms with E-state index in [4.69, 9.17) is 0 Å². The summed E-state index contributed by atoms with van der Waals surface area (Å²) in [7, 11) is 0. The zero-order valence-corrected chi connectivity index (χ0v) is 19.7. The number of imidazole rings is 1. The van der Waals surface area contributed by atoms with Crippen LogP contribution in [-0.4, -0.2) is 49.5 Å². The first-order chi connectivity index (χ1) is 17.7. The van der Waals surface area contributed by atoms with E-state index in [2.05, 4.69) is 20.3 Å². The highest BCUT2D eigenvalue weighted by molar-refractivity contribution is 5.81. The summed E-state index contributed by atoms with van der Waals surface area (Å²) in [5.41, 5.74) is -0.986. The molecule has 1 saturated heterocycles. The smallest absolute Gasteiger partial charge is 0.350 e. The van der Waals surface area contributed by atoms with E-state index in [9.17, 15) is 27.6 Å². The van der Waals surface area contributed by atoms with Crippen LogP contribution in [-0.2, 0) is 17.4 Å². The molecule has 1 saturated carbocycles. The second-order valence-corrected chi connectivity index (χ2v) is 9.22. The number of aromatic nitrogens is 4. The number of piperidine rings is 1. The van der Waals surface area contributed by atoms with Crippen LogP contribution in [0, 0.1) is 23.1 Å². The molecule has 1 aromatic carbocycles. The SMILES string of the molecule is N#CCc1cnc(-c2ccc(F)c(C(F)(F)F)c2)n1-c1ccnc(NC2CCCN(C(=O)C3CC3)C2)n1. The molecule has 1 N–H and O–H groups in total. The Morgan fingerprint density at radius 3 is 2.73 bits per heavy atom. The molecular weight excluding hydrogens is 490 g/mol. The third-order valence-electron chi connectivity index (χ3n) is 6.49. The number of amides is 1. The monoisotopic (exact) mass is 513 g/mol. The zero-order valence-electron chi connectivity index (χ0n) is 19.7. The lowest BCUT2D eigenvalue weighted by Crippen LogP contribution is -2.45. The summed E-state index contributed by atoms with van der Waals surface area (Å²) >= 11 is 0. The molecular formula is C25H23F4N7O. The van der Waals surface area contributed by atoms with Gasteiger partial charge < -0.3 is 10.2 Å². The summed E-state index contributed by atoms with van der Waals surface area (Å²) in [6, 6.07) is 6.15. The Bertz CT molecular complexity index is 1360. The zero-order chi connectivity index (χ0) is 26.2. The van der Waals surface area contributed by atoms with Gasteiger partial charge in [0.25, 0.3) is 0 Å². The lowest BCUT2D eigenvalue weighted by molar-refractivity contribution is -0.140. The molecule has 5 rings (SSSR count). The first-order valence-electron chi connectivity index (χ1n) is 11.9. The van der Waals surface area contributed by atoms with E-state index in [1.807, 2.05) is 11.0 Å². The number of carbonyl (C=O) groups is 1. The van der Waals surface area contributed by atoms with E-state index in [1.165, 1.54) is 23.0 Å². The van der Waals surface area contributed by atoms with Crippen LogP contribution >= 0.6 is 0 Å². The number of carbonyl (C=O) groups excluding carboxylic acids is 1. The van der Waals surface area contributed by atoms with Crippen molar-refractivity contribution in [2.24, 2.45) is 5.92 Å².